The Kier molecular flexibility index (Phi) is 8.56. The van der Waals surface area contributed by atoms with E-state index in [9.17, 15) is 19.5 Å². The maximum absolute atomic E-state index is 13.1. The molecule has 9 heteroatoms. The second-order valence-corrected chi connectivity index (χ2v) is 14.9. The first kappa shape index (κ1) is 31.9. The number of nitrogens with one attached hydrogen (secondary N) is 1. The third kappa shape index (κ3) is 6.29. The first-order chi connectivity index (χ1) is 23.8. The summed E-state index contributed by atoms with van der Waals surface area (Å²) in [5.74, 6) is 1.29. The van der Waals surface area contributed by atoms with Gasteiger partial charge in [-0.2, -0.15) is 0 Å². The molecule has 9 nitrogen and oxygen atoms in total. The number of anilines is 2. The van der Waals surface area contributed by atoms with Crippen molar-refractivity contribution in [2.24, 2.45) is 11.8 Å². The number of benzene rings is 3. The zero-order valence-corrected chi connectivity index (χ0v) is 28.4. The molecule has 3 aromatic rings. The number of phenolic OH excluding ortho intramolecular Hbond substituents is 1. The second-order valence-electron chi connectivity index (χ2n) is 14.9. The molecule has 1 aliphatic carbocycles. The summed E-state index contributed by atoms with van der Waals surface area (Å²) in [7, 11) is 0. The van der Waals surface area contributed by atoms with Gasteiger partial charge in [-0.3, -0.25) is 24.6 Å². The maximum Gasteiger partial charge on any atom is 0.255 e. The Balaban J connectivity index is 0.816. The van der Waals surface area contributed by atoms with Crippen LogP contribution in [0.4, 0.5) is 11.4 Å². The van der Waals surface area contributed by atoms with Crippen molar-refractivity contribution in [3.05, 3.63) is 88.5 Å². The van der Waals surface area contributed by atoms with Gasteiger partial charge in [0.15, 0.2) is 0 Å². The molecule has 3 amide bonds. The number of fused-ring (bicyclic) bond motifs is 2. The van der Waals surface area contributed by atoms with E-state index >= 15 is 0 Å². The molecular formula is C40H47N5O4. The summed E-state index contributed by atoms with van der Waals surface area (Å²) in [5.41, 5.74) is 8.12. The lowest BCUT2D eigenvalue weighted by Gasteiger charge is -2.40. The highest BCUT2D eigenvalue weighted by Crippen LogP contribution is 2.42. The number of phenols is 1. The number of piperidine rings is 2. The van der Waals surface area contributed by atoms with E-state index in [1.54, 1.807) is 4.90 Å². The summed E-state index contributed by atoms with van der Waals surface area (Å²) in [4.78, 5) is 46.3. The summed E-state index contributed by atoms with van der Waals surface area (Å²) < 4.78 is 0. The van der Waals surface area contributed by atoms with E-state index < -0.39 is 6.04 Å². The summed E-state index contributed by atoms with van der Waals surface area (Å²) >= 11 is 0. The number of aryl methyl sites for hydroxylation is 1. The molecule has 0 radical (unpaired) electrons. The molecule has 3 fully saturated rings. The standard InChI is InChI=1S/C40H47N5O4/c1-26-2-3-29-23-33(46)9-11-34(29)38(26)28-4-6-31(7-5-28)43-16-14-27(15-17-43)24-42-18-20-44(21-19-42)32-8-10-35-30(22-32)25-45(40(35)49)36-12-13-37(47)41-39(36)48/h4-11,22-23,26-27,36,38,46H,2-3,12-21,24-25H2,1H3,(H,41,47,48)/t26-,36?,38?/m0/s1. The quantitative estimate of drug-likeness (QED) is 0.363. The van der Waals surface area contributed by atoms with Crippen molar-refractivity contribution >= 4 is 29.1 Å². The lowest BCUT2D eigenvalue weighted by atomic mass is 9.72. The maximum atomic E-state index is 13.1. The van der Waals surface area contributed by atoms with E-state index in [2.05, 4.69) is 63.3 Å². The number of carbonyl (C=O) groups excluding carboxylic acids is 3. The van der Waals surface area contributed by atoms with Gasteiger partial charge in [0.1, 0.15) is 11.8 Å². The van der Waals surface area contributed by atoms with Crippen LogP contribution in [-0.2, 0) is 22.6 Å². The van der Waals surface area contributed by atoms with Crippen LogP contribution < -0.4 is 15.1 Å². The van der Waals surface area contributed by atoms with Gasteiger partial charge in [0.05, 0.1) is 0 Å². The van der Waals surface area contributed by atoms with E-state index in [1.807, 2.05) is 24.3 Å². The van der Waals surface area contributed by atoms with Crippen LogP contribution in [0.5, 0.6) is 5.75 Å². The number of nitrogens with zero attached hydrogens (tertiary/aromatic N) is 4. The van der Waals surface area contributed by atoms with Gasteiger partial charge in [-0.15, -0.1) is 0 Å². The minimum atomic E-state index is -0.580. The molecule has 8 rings (SSSR count). The number of hydrogen-bond donors (Lipinski definition) is 2. The van der Waals surface area contributed by atoms with Crippen LogP contribution in [0.2, 0.25) is 0 Å². The van der Waals surface area contributed by atoms with Gasteiger partial charge >= 0.3 is 0 Å². The molecule has 2 N–H and O–H groups in total. The van der Waals surface area contributed by atoms with Crippen molar-refractivity contribution in [1.82, 2.24) is 15.1 Å². The summed E-state index contributed by atoms with van der Waals surface area (Å²) in [6, 6.07) is 20.7. The first-order valence-electron chi connectivity index (χ1n) is 18.2. The molecule has 5 aliphatic rings. The number of aromatic hydroxyl groups is 1. The fourth-order valence-electron chi connectivity index (χ4n) is 9.05. The van der Waals surface area contributed by atoms with Crippen LogP contribution in [0, 0.1) is 11.8 Å². The molecular weight excluding hydrogens is 614 g/mol. The van der Waals surface area contributed by atoms with Gasteiger partial charge in [0.25, 0.3) is 5.91 Å². The van der Waals surface area contributed by atoms with Crippen molar-refractivity contribution in [2.75, 3.05) is 55.6 Å². The molecule has 0 aromatic heterocycles. The van der Waals surface area contributed by atoms with Gasteiger partial charge in [0, 0.05) is 81.6 Å². The molecule has 4 heterocycles. The molecule has 0 bridgehead atoms. The zero-order chi connectivity index (χ0) is 33.6. The average Bonchev–Trinajstić information content (AvgIpc) is 3.44. The van der Waals surface area contributed by atoms with E-state index in [0.717, 1.165) is 69.9 Å². The molecule has 49 heavy (non-hydrogen) atoms. The topological polar surface area (TPSA) is 96.4 Å². The number of rotatable bonds is 6. The Morgan fingerprint density at radius 1 is 0.755 bits per heavy atom. The predicted octanol–water partition coefficient (Wildman–Crippen LogP) is 4.91. The Morgan fingerprint density at radius 2 is 1.49 bits per heavy atom. The summed E-state index contributed by atoms with van der Waals surface area (Å²) in [6.07, 6.45) is 5.26. The number of amides is 3. The van der Waals surface area contributed by atoms with Gasteiger partial charge in [-0.05, 0) is 109 Å². The van der Waals surface area contributed by atoms with Gasteiger partial charge in [-0.25, -0.2) is 0 Å². The lowest BCUT2D eigenvalue weighted by Crippen LogP contribution is -2.52. The fraction of sp³-hybridized carbons (Fsp3) is 0.475. The highest BCUT2D eigenvalue weighted by Gasteiger charge is 2.39. The molecule has 3 saturated heterocycles. The monoisotopic (exact) mass is 661 g/mol. The van der Waals surface area contributed by atoms with Crippen molar-refractivity contribution in [3.8, 4) is 5.75 Å². The smallest absolute Gasteiger partial charge is 0.255 e. The Hall–Kier alpha value is -4.37. The van der Waals surface area contributed by atoms with Crippen molar-refractivity contribution in [3.63, 3.8) is 0 Å². The number of carbonyl (C=O) groups is 3. The van der Waals surface area contributed by atoms with Crippen molar-refractivity contribution < 1.29 is 19.5 Å². The summed E-state index contributed by atoms with van der Waals surface area (Å²) in [5, 5.41) is 12.4. The first-order valence-corrected chi connectivity index (χ1v) is 18.2. The van der Waals surface area contributed by atoms with Crippen molar-refractivity contribution in [1.29, 1.82) is 0 Å². The molecule has 3 atom stereocenters. The third-order valence-corrected chi connectivity index (χ3v) is 11.9. The van der Waals surface area contributed by atoms with Gasteiger partial charge < -0.3 is 19.8 Å². The Morgan fingerprint density at radius 3 is 2.24 bits per heavy atom. The van der Waals surface area contributed by atoms with Crippen molar-refractivity contribution in [2.45, 2.75) is 64.0 Å². The number of hydrogen-bond acceptors (Lipinski definition) is 7. The van der Waals surface area contributed by atoms with Crippen LogP contribution in [0.25, 0.3) is 0 Å². The number of piperazine rings is 1. The zero-order valence-electron chi connectivity index (χ0n) is 28.4. The average molecular weight is 662 g/mol. The number of imide groups is 1. The Labute approximate surface area is 288 Å². The lowest BCUT2D eigenvalue weighted by molar-refractivity contribution is -0.136. The van der Waals surface area contributed by atoms with E-state index in [-0.39, 0.29) is 24.1 Å². The predicted molar refractivity (Wildman–Crippen MR) is 190 cm³/mol. The normalized spacial score (nSPS) is 25.0. The van der Waals surface area contributed by atoms with Gasteiger partial charge in [0.2, 0.25) is 11.8 Å². The molecule has 0 saturated carbocycles. The van der Waals surface area contributed by atoms with Crippen LogP contribution in [0.3, 0.4) is 0 Å². The molecule has 0 spiro atoms. The fourth-order valence-corrected chi connectivity index (χ4v) is 9.05. The van der Waals surface area contributed by atoms with E-state index in [1.165, 1.54) is 35.2 Å². The van der Waals surface area contributed by atoms with Crippen LogP contribution in [0.15, 0.2) is 60.7 Å². The van der Waals surface area contributed by atoms with Crippen LogP contribution in [-0.4, -0.2) is 84.5 Å². The van der Waals surface area contributed by atoms with Crippen LogP contribution >= 0.6 is 0 Å². The highest BCUT2D eigenvalue weighted by molar-refractivity contribution is 6.05. The molecule has 3 aromatic carbocycles. The largest absolute Gasteiger partial charge is 0.508 e. The highest BCUT2D eigenvalue weighted by atomic mass is 16.3. The Bertz CT molecular complexity index is 1740. The second kappa shape index (κ2) is 13.2. The molecule has 4 aliphatic heterocycles. The molecule has 256 valence electrons. The van der Waals surface area contributed by atoms with Crippen LogP contribution in [0.1, 0.15) is 77.6 Å². The minimum Gasteiger partial charge on any atom is -0.508 e. The molecule has 2 unspecified atom stereocenters. The van der Waals surface area contributed by atoms with Gasteiger partial charge in [-0.1, -0.05) is 25.1 Å². The van der Waals surface area contributed by atoms with E-state index in [0.29, 0.717) is 42.0 Å². The SMILES string of the molecule is C[C@H]1CCc2cc(O)ccc2C1c1ccc(N2CCC(CN3CCN(c4ccc5c(c4)CN(C4CCC(=O)NC4=O)C5=O)CC3)CC2)cc1. The minimum absolute atomic E-state index is 0.119. The summed E-state index contributed by atoms with van der Waals surface area (Å²) in [6.45, 7) is 10.1. The van der Waals surface area contributed by atoms with E-state index in [4.69, 9.17) is 0 Å². The third-order valence-electron chi connectivity index (χ3n) is 11.9.